The largest absolute Gasteiger partial charge is 0.494 e. The maximum absolute atomic E-state index is 12.3. The fourth-order valence-electron chi connectivity index (χ4n) is 2.35. The molecule has 4 nitrogen and oxygen atoms in total. The van der Waals surface area contributed by atoms with Gasteiger partial charge in [-0.05, 0) is 68.3 Å². The van der Waals surface area contributed by atoms with Gasteiger partial charge >= 0.3 is 5.97 Å². The summed E-state index contributed by atoms with van der Waals surface area (Å²) in [5.41, 5.74) is 1.38. The number of carbonyl (C=O) groups is 1. The van der Waals surface area contributed by atoms with E-state index >= 15 is 0 Å². The molecule has 0 N–H and O–H groups in total. The van der Waals surface area contributed by atoms with E-state index in [4.69, 9.17) is 14.2 Å². The van der Waals surface area contributed by atoms with Crippen LogP contribution in [0.15, 0.2) is 54.8 Å². The van der Waals surface area contributed by atoms with Crippen LogP contribution >= 0.6 is 0 Å². The van der Waals surface area contributed by atoms with Crippen molar-refractivity contribution in [2.45, 2.75) is 40.0 Å². The Morgan fingerprint density at radius 1 is 1.04 bits per heavy atom. The van der Waals surface area contributed by atoms with Crippen molar-refractivity contribution in [1.82, 2.24) is 0 Å². The van der Waals surface area contributed by atoms with E-state index in [0.717, 1.165) is 36.3 Å². The summed E-state index contributed by atoms with van der Waals surface area (Å²) in [4.78, 5) is 12.3. The monoisotopic (exact) mass is 354 g/mol. The molecule has 138 valence electrons. The third kappa shape index (κ3) is 5.96. The summed E-state index contributed by atoms with van der Waals surface area (Å²) in [5, 5.41) is 0. The fraction of sp³-hybridized carbons (Fsp3) is 0.318. The van der Waals surface area contributed by atoms with Crippen LogP contribution in [-0.4, -0.2) is 12.6 Å². The number of unbranched alkanes of at least 4 members (excludes halogenated alkanes) is 2. The van der Waals surface area contributed by atoms with Gasteiger partial charge < -0.3 is 14.2 Å². The Hall–Kier alpha value is -2.75. The lowest BCUT2D eigenvalue weighted by Gasteiger charge is -2.09. The lowest BCUT2D eigenvalue weighted by atomic mass is 10.2. The first kappa shape index (κ1) is 19.6. The van der Waals surface area contributed by atoms with Gasteiger partial charge in [0.1, 0.15) is 17.2 Å². The molecule has 4 heteroatoms. The molecule has 0 aliphatic carbocycles. The predicted octanol–water partition coefficient (Wildman–Crippen LogP) is 5.70. The molecule has 0 spiro atoms. The molecule has 0 aliphatic heterocycles. The first-order valence-electron chi connectivity index (χ1n) is 8.97. The topological polar surface area (TPSA) is 44.8 Å². The van der Waals surface area contributed by atoms with Crippen LogP contribution in [0.2, 0.25) is 0 Å². The van der Waals surface area contributed by atoms with Crippen LogP contribution in [0.5, 0.6) is 17.2 Å². The number of allylic oxidation sites excluding steroid dienone is 1. The van der Waals surface area contributed by atoms with Gasteiger partial charge in [0.2, 0.25) is 0 Å². The van der Waals surface area contributed by atoms with Gasteiger partial charge in [-0.25, -0.2) is 4.79 Å². The average molecular weight is 354 g/mol. The van der Waals surface area contributed by atoms with E-state index in [0.29, 0.717) is 17.9 Å². The Morgan fingerprint density at radius 2 is 1.77 bits per heavy atom. The van der Waals surface area contributed by atoms with Crippen LogP contribution in [-0.2, 0) is 0 Å². The minimum atomic E-state index is -0.399. The zero-order chi connectivity index (χ0) is 18.8. The Morgan fingerprint density at radius 3 is 2.42 bits per heavy atom. The Bertz CT molecular complexity index is 732. The van der Waals surface area contributed by atoms with E-state index in [-0.39, 0.29) is 0 Å². The number of carbonyl (C=O) groups excluding carboxylic acids is 1. The number of aryl methyl sites for hydroxylation is 1. The molecule has 2 rings (SSSR count). The zero-order valence-electron chi connectivity index (χ0n) is 15.7. The molecule has 2 aromatic rings. The molecular weight excluding hydrogens is 328 g/mol. The number of esters is 1. The molecule has 0 saturated carbocycles. The van der Waals surface area contributed by atoms with Crippen molar-refractivity contribution in [3.8, 4) is 17.2 Å². The minimum Gasteiger partial charge on any atom is -0.494 e. The maximum atomic E-state index is 12.3. The number of ether oxygens (including phenoxy) is 3. The van der Waals surface area contributed by atoms with E-state index in [1.54, 1.807) is 48.7 Å². The van der Waals surface area contributed by atoms with Crippen molar-refractivity contribution < 1.29 is 19.0 Å². The quantitative estimate of drug-likeness (QED) is 0.251. The van der Waals surface area contributed by atoms with Crippen molar-refractivity contribution in [2.24, 2.45) is 0 Å². The lowest BCUT2D eigenvalue weighted by Crippen LogP contribution is -2.08. The number of hydrogen-bond donors (Lipinski definition) is 0. The minimum absolute atomic E-state index is 0.399. The molecule has 0 aliphatic rings. The summed E-state index contributed by atoms with van der Waals surface area (Å²) < 4.78 is 16.5. The van der Waals surface area contributed by atoms with Crippen molar-refractivity contribution in [2.75, 3.05) is 6.61 Å². The van der Waals surface area contributed by atoms with Crippen LogP contribution in [0.3, 0.4) is 0 Å². The normalized spacial score (nSPS) is 10.7. The van der Waals surface area contributed by atoms with E-state index in [9.17, 15) is 4.79 Å². The van der Waals surface area contributed by atoms with Gasteiger partial charge in [-0.2, -0.15) is 0 Å². The molecule has 0 saturated heterocycles. The van der Waals surface area contributed by atoms with Gasteiger partial charge in [0.15, 0.2) is 0 Å². The molecule has 0 aromatic heterocycles. The van der Waals surface area contributed by atoms with Gasteiger partial charge in [0, 0.05) is 0 Å². The molecule has 26 heavy (non-hydrogen) atoms. The molecule has 0 bridgehead atoms. The van der Waals surface area contributed by atoms with E-state index < -0.39 is 5.97 Å². The molecule has 0 heterocycles. The maximum Gasteiger partial charge on any atom is 0.343 e. The number of rotatable bonds is 9. The first-order chi connectivity index (χ1) is 12.6. The second-order valence-electron chi connectivity index (χ2n) is 5.98. The molecule has 0 unspecified atom stereocenters. The fourth-order valence-corrected chi connectivity index (χ4v) is 2.35. The van der Waals surface area contributed by atoms with E-state index in [1.165, 1.54) is 0 Å². The Kier molecular flexibility index (Phi) is 7.75. The molecule has 2 aromatic carbocycles. The van der Waals surface area contributed by atoms with Crippen molar-refractivity contribution in [3.63, 3.8) is 0 Å². The summed E-state index contributed by atoms with van der Waals surface area (Å²) in [6.07, 6.45) is 6.77. The van der Waals surface area contributed by atoms with Gasteiger partial charge in [-0.1, -0.05) is 25.8 Å². The third-order valence-electron chi connectivity index (χ3n) is 3.79. The summed E-state index contributed by atoms with van der Waals surface area (Å²) in [5.74, 6) is 1.58. The highest BCUT2D eigenvalue weighted by Gasteiger charge is 2.10. The van der Waals surface area contributed by atoms with Crippen LogP contribution in [0.4, 0.5) is 0 Å². The molecule has 0 radical (unpaired) electrons. The smallest absolute Gasteiger partial charge is 0.343 e. The Labute approximate surface area is 155 Å². The third-order valence-corrected chi connectivity index (χ3v) is 3.79. The average Bonchev–Trinajstić information content (AvgIpc) is 2.65. The predicted molar refractivity (Wildman–Crippen MR) is 103 cm³/mol. The highest BCUT2D eigenvalue weighted by Crippen LogP contribution is 2.24. The highest BCUT2D eigenvalue weighted by atomic mass is 16.5. The SMILES string of the molecule is CC=COc1ccc(OC(=O)c2ccc(OCCCCC)cc2)cc1C. The standard InChI is InChI=1S/C22H26O4/c1-4-6-7-15-24-19-10-8-18(9-11-19)22(23)26-20-12-13-21(17(3)16-20)25-14-5-2/h5,8-14,16H,4,6-7,15H2,1-3H3. The molecular formula is C22H26O4. The number of hydrogen-bond acceptors (Lipinski definition) is 4. The van der Waals surface area contributed by atoms with Crippen LogP contribution < -0.4 is 14.2 Å². The van der Waals surface area contributed by atoms with Crippen molar-refractivity contribution in [1.29, 1.82) is 0 Å². The number of benzene rings is 2. The van der Waals surface area contributed by atoms with Crippen molar-refractivity contribution >= 4 is 5.97 Å². The van der Waals surface area contributed by atoms with Gasteiger partial charge in [-0.15, -0.1) is 0 Å². The van der Waals surface area contributed by atoms with Gasteiger partial charge in [0.25, 0.3) is 0 Å². The second kappa shape index (κ2) is 10.3. The van der Waals surface area contributed by atoms with E-state index in [2.05, 4.69) is 6.92 Å². The molecule has 0 fully saturated rings. The first-order valence-corrected chi connectivity index (χ1v) is 8.97. The summed E-state index contributed by atoms with van der Waals surface area (Å²) >= 11 is 0. The van der Waals surface area contributed by atoms with Crippen LogP contribution in [0, 0.1) is 6.92 Å². The Balaban J connectivity index is 1.93. The van der Waals surface area contributed by atoms with E-state index in [1.807, 2.05) is 19.9 Å². The highest BCUT2D eigenvalue weighted by molar-refractivity contribution is 5.91. The summed E-state index contributed by atoms with van der Waals surface area (Å²) in [7, 11) is 0. The zero-order valence-corrected chi connectivity index (χ0v) is 15.7. The van der Waals surface area contributed by atoms with Crippen LogP contribution in [0.1, 0.15) is 49.0 Å². The van der Waals surface area contributed by atoms with Gasteiger partial charge in [-0.3, -0.25) is 0 Å². The summed E-state index contributed by atoms with van der Waals surface area (Å²) in [6, 6.07) is 12.3. The molecule has 0 atom stereocenters. The molecule has 0 amide bonds. The van der Waals surface area contributed by atoms with Crippen molar-refractivity contribution in [3.05, 3.63) is 65.9 Å². The van der Waals surface area contributed by atoms with Gasteiger partial charge in [0.05, 0.1) is 18.4 Å². The summed E-state index contributed by atoms with van der Waals surface area (Å²) in [6.45, 7) is 6.64. The lowest BCUT2D eigenvalue weighted by molar-refractivity contribution is 0.0734. The van der Waals surface area contributed by atoms with Crippen LogP contribution in [0.25, 0.3) is 0 Å². The second-order valence-corrected chi connectivity index (χ2v) is 5.98.